The standard InChI is InChI=1S/C17H26N2O2S2/c1-11(2)15(20)18(12(3)4)8-9-19-16(21)13(5)23-17(19)14-7-6-10-22-14/h6-7,10-13,17H,8-9H2,1-5H3/t13-,17-/m0/s1. The van der Waals surface area contributed by atoms with Gasteiger partial charge < -0.3 is 9.80 Å². The lowest BCUT2D eigenvalue weighted by Crippen LogP contribution is -2.45. The molecule has 0 saturated carbocycles. The smallest absolute Gasteiger partial charge is 0.236 e. The Morgan fingerprint density at radius 3 is 2.57 bits per heavy atom. The molecular formula is C17H26N2O2S2. The topological polar surface area (TPSA) is 40.6 Å². The van der Waals surface area contributed by atoms with Crippen molar-refractivity contribution in [3.63, 3.8) is 0 Å². The number of thiophene rings is 1. The van der Waals surface area contributed by atoms with Gasteiger partial charge in [0.15, 0.2) is 0 Å². The van der Waals surface area contributed by atoms with Crippen LogP contribution in [0, 0.1) is 5.92 Å². The molecule has 0 aliphatic carbocycles. The van der Waals surface area contributed by atoms with Gasteiger partial charge in [0.05, 0.1) is 5.25 Å². The zero-order valence-corrected chi connectivity index (χ0v) is 16.1. The molecule has 0 bridgehead atoms. The molecule has 1 aromatic rings. The molecule has 2 heterocycles. The summed E-state index contributed by atoms with van der Waals surface area (Å²) in [5.41, 5.74) is 0. The maximum absolute atomic E-state index is 12.5. The van der Waals surface area contributed by atoms with Crippen LogP contribution < -0.4 is 0 Å². The van der Waals surface area contributed by atoms with Gasteiger partial charge >= 0.3 is 0 Å². The molecule has 1 saturated heterocycles. The van der Waals surface area contributed by atoms with Gasteiger partial charge in [-0.1, -0.05) is 19.9 Å². The van der Waals surface area contributed by atoms with Gasteiger partial charge in [-0.3, -0.25) is 9.59 Å². The normalized spacial score (nSPS) is 21.5. The highest BCUT2D eigenvalue weighted by Crippen LogP contribution is 2.44. The summed E-state index contributed by atoms with van der Waals surface area (Å²) in [6.45, 7) is 11.1. The first-order valence-corrected chi connectivity index (χ1v) is 9.95. The van der Waals surface area contributed by atoms with Gasteiger partial charge in [0.25, 0.3) is 0 Å². The molecule has 2 rings (SSSR count). The fourth-order valence-corrected chi connectivity index (χ4v) is 4.98. The van der Waals surface area contributed by atoms with E-state index in [2.05, 4.69) is 6.07 Å². The summed E-state index contributed by atoms with van der Waals surface area (Å²) in [5, 5.41) is 2.11. The molecule has 23 heavy (non-hydrogen) atoms. The SMILES string of the molecule is CC(C)C(=O)N(CCN1C(=O)[C@H](C)S[C@H]1c1cccs1)C(C)C. The third kappa shape index (κ3) is 4.10. The highest BCUT2D eigenvalue weighted by molar-refractivity contribution is 8.01. The Morgan fingerprint density at radius 2 is 2.04 bits per heavy atom. The zero-order chi connectivity index (χ0) is 17.1. The van der Waals surface area contributed by atoms with Gasteiger partial charge in [-0.2, -0.15) is 0 Å². The van der Waals surface area contributed by atoms with Crippen molar-refractivity contribution in [2.45, 2.75) is 51.3 Å². The number of rotatable bonds is 6. The number of amides is 2. The Bertz CT molecular complexity index is 543. The Hall–Kier alpha value is -1.01. The van der Waals surface area contributed by atoms with Crippen molar-refractivity contribution in [3.8, 4) is 0 Å². The molecule has 0 unspecified atom stereocenters. The minimum absolute atomic E-state index is 0.0181. The van der Waals surface area contributed by atoms with Gasteiger partial charge in [-0.05, 0) is 32.2 Å². The molecule has 4 nitrogen and oxygen atoms in total. The second-order valence-electron chi connectivity index (χ2n) is 6.46. The molecule has 0 aromatic carbocycles. The predicted octanol–water partition coefficient (Wildman–Crippen LogP) is 3.60. The summed E-state index contributed by atoms with van der Waals surface area (Å²) >= 11 is 3.38. The first-order valence-electron chi connectivity index (χ1n) is 8.12. The van der Waals surface area contributed by atoms with Crippen LogP contribution in [0.15, 0.2) is 17.5 Å². The number of carbonyl (C=O) groups is 2. The van der Waals surface area contributed by atoms with E-state index in [9.17, 15) is 9.59 Å². The molecule has 1 fully saturated rings. The van der Waals surface area contributed by atoms with Crippen LogP contribution in [0.1, 0.15) is 44.9 Å². The summed E-state index contributed by atoms with van der Waals surface area (Å²) in [6, 6.07) is 4.25. The predicted molar refractivity (Wildman–Crippen MR) is 97.5 cm³/mol. The van der Waals surface area contributed by atoms with Gasteiger partial charge in [0.2, 0.25) is 11.8 Å². The van der Waals surface area contributed by atoms with Crippen molar-refractivity contribution in [1.82, 2.24) is 9.80 Å². The fourth-order valence-electron chi connectivity index (χ4n) is 2.72. The summed E-state index contributed by atoms with van der Waals surface area (Å²) in [7, 11) is 0. The van der Waals surface area contributed by atoms with Crippen molar-refractivity contribution in [2.75, 3.05) is 13.1 Å². The first kappa shape index (κ1) is 18.3. The molecule has 1 aliphatic rings. The van der Waals surface area contributed by atoms with Crippen molar-refractivity contribution in [2.24, 2.45) is 5.92 Å². The molecule has 128 valence electrons. The highest BCUT2D eigenvalue weighted by atomic mass is 32.2. The molecule has 0 spiro atoms. The van der Waals surface area contributed by atoms with Gasteiger partial charge in [0.1, 0.15) is 5.37 Å². The second kappa shape index (κ2) is 7.71. The Morgan fingerprint density at radius 1 is 1.35 bits per heavy atom. The number of hydrogen-bond acceptors (Lipinski definition) is 4. The van der Waals surface area contributed by atoms with Gasteiger partial charge in [-0.25, -0.2) is 0 Å². The van der Waals surface area contributed by atoms with E-state index in [1.807, 2.05) is 55.9 Å². The van der Waals surface area contributed by atoms with Crippen LogP contribution in [-0.4, -0.2) is 46.0 Å². The van der Waals surface area contributed by atoms with E-state index in [4.69, 9.17) is 0 Å². The zero-order valence-electron chi connectivity index (χ0n) is 14.5. The Labute approximate surface area is 147 Å². The maximum Gasteiger partial charge on any atom is 0.236 e. The second-order valence-corrected chi connectivity index (χ2v) is 8.86. The lowest BCUT2D eigenvalue weighted by molar-refractivity contribution is -0.138. The average Bonchev–Trinajstić information content (AvgIpc) is 3.09. The van der Waals surface area contributed by atoms with E-state index in [-0.39, 0.29) is 34.4 Å². The van der Waals surface area contributed by atoms with Crippen LogP contribution in [0.3, 0.4) is 0 Å². The number of carbonyl (C=O) groups excluding carboxylic acids is 2. The monoisotopic (exact) mass is 354 g/mol. The van der Waals surface area contributed by atoms with Crippen LogP contribution in [0.4, 0.5) is 0 Å². The molecule has 2 amide bonds. The highest BCUT2D eigenvalue weighted by Gasteiger charge is 2.39. The molecule has 0 N–H and O–H groups in total. The third-order valence-corrected chi connectivity index (χ3v) is 6.47. The molecule has 1 aromatic heterocycles. The van der Waals surface area contributed by atoms with E-state index < -0.39 is 0 Å². The largest absolute Gasteiger partial charge is 0.338 e. The molecule has 1 aliphatic heterocycles. The lowest BCUT2D eigenvalue weighted by Gasteiger charge is -2.32. The first-order chi connectivity index (χ1) is 10.8. The van der Waals surface area contributed by atoms with E-state index in [1.165, 1.54) is 4.88 Å². The van der Waals surface area contributed by atoms with Gasteiger partial charge in [-0.15, -0.1) is 23.1 Å². The van der Waals surface area contributed by atoms with Crippen molar-refractivity contribution in [1.29, 1.82) is 0 Å². The summed E-state index contributed by atoms with van der Waals surface area (Å²) in [4.78, 5) is 29.9. The van der Waals surface area contributed by atoms with E-state index in [0.29, 0.717) is 13.1 Å². The van der Waals surface area contributed by atoms with Crippen LogP contribution in [0.5, 0.6) is 0 Å². The fraction of sp³-hybridized carbons (Fsp3) is 0.647. The number of thioether (sulfide) groups is 1. The van der Waals surface area contributed by atoms with Crippen molar-refractivity contribution in [3.05, 3.63) is 22.4 Å². The summed E-state index contributed by atoms with van der Waals surface area (Å²) in [6.07, 6.45) is 0. The van der Waals surface area contributed by atoms with E-state index in [1.54, 1.807) is 23.1 Å². The molecular weight excluding hydrogens is 328 g/mol. The summed E-state index contributed by atoms with van der Waals surface area (Å²) in [5.74, 6) is 0.308. The Balaban J connectivity index is 2.09. The quantitative estimate of drug-likeness (QED) is 0.784. The van der Waals surface area contributed by atoms with E-state index >= 15 is 0 Å². The van der Waals surface area contributed by atoms with Crippen molar-refractivity contribution < 1.29 is 9.59 Å². The van der Waals surface area contributed by atoms with Crippen LogP contribution in [0.2, 0.25) is 0 Å². The van der Waals surface area contributed by atoms with Crippen molar-refractivity contribution >= 4 is 34.9 Å². The van der Waals surface area contributed by atoms with Crippen LogP contribution in [-0.2, 0) is 9.59 Å². The van der Waals surface area contributed by atoms with Crippen LogP contribution in [0.25, 0.3) is 0 Å². The molecule has 6 heteroatoms. The Kier molecular flexibility index (Phi) is 6.14. The maximum atomic E-state index is 12.5. The molecule has 2 atom stereocenters. The minimum Gasteiger partial charge on any atom is -0.338 e. The van der Waals surface area contributed by atoms with E-state index in [0.717, 1.165) is 0 Å². The average molecular weight is 355 g/mol. The third-order valence-electron chi connectivity index (χ3n) is 4.02. The van der Waals surface area contributed by atoms with Crippen LogP contribution >= 0.6 is 23.1 Å². The minimum atomic E-state index is -0.0203. The molecule has 0 radical (unpaired) electrons. The summed E-state index contributed by atoms with van der Waals surface area (Å²) < 4.78 is 0. The number of nitrogens with zero attached hydrogens (tertiary/aromatic N) is 2. The van der Waals surface area contributed by atoms with Gasteiger partial charge in [0, 0.05) is 29.9 Å². The lowest BCUT2D eigenvalue weighted by atomic mass is 10.1. The number of hydrogen-bond donors (Lipinski definition) is 0.